The van der Waals surface area contributed by atoms with E-state index in [1.165, 1.54) is 31.5 Å². The van der Waals surface area contributed by atoms with E-state index in [2.05, 4.69) is 54.8 Å². The van der Waals surface area contributed by atoms with Gasteiger partial charge in [-0.25, -0.2) is 0 Å². The van der Waals surface area contributed by atoms with Crippen molar-refractivity contribution in [2.75, 3.05) is 21.9 Å². The zero-order chi connectivity index (χ0) is 21.8. The van der Waals surface area contributed by atoms with Gasteiger partial charge in [-0.3, -0.25) is 0 Å². The summed E-state index contributed by atoms with van der Waals surface area (Å²) in [6, 6.07) is 20.8. The van der Waals surface area contributed by atoms with Crippen LogP contribution in [0.1, 0.15) is 0 Å². The first kappa shape index (κ1) is 20.3. The Morgan fingerprint density at radius 3 is 1.44 bits per heavy atom. The fourth-order valence-electron chi connectivity index (χ4n) is 4.18. The molecule has 0 spiro atoms. The second-order valence-corrected chi connectivity index (χ2v) is 13.4. The summed E-state index contributed by atoms with van der Waals surface area (Å²) in [6.07, 6.45) is 0. The van der Waals surface area contributed by atoms with Gasteiger partial charge >= 0.3 is 204 Å². The molecule has 32 heavy (non-hydrogen) atoms. The standard InChI is InChI=1S/C24H18AsClN2O2S2/c1-29-17-7-3-15(4-8-17)27-21-19-11-13-31-23(19)24-20(12-14-32-24)22(21)28(25(27)26)16-5-9-18(30-2)10-6-16/h3-14H,1-2H3. The van der Waals surface area contributed by atoms with Crippen LogP contribution in [0.5, 0.6) is 11.5 Å². The van der Waals surface area contributed by atoms with E-state index in [-0.39, 0.29) is 0 Å². The molecule has 2 aromatic heterocycles. The first-order valence-electron chi connectivity index (χ1n) is 9.95. The molecule has 1 aliphatic heterocycles. The van der Waals surface area contributed by atoms with Crippen molar-refractivity contribution < 1.29 is 9.47 Å². The molecule has 0 atom stereocenters. The molecule has 0 fully saturated rings. The first-order valence-corrected chi connectivity index (χ1v) is 15.9. The van der Waals surface area contributed by atoms with Crippen molar-refractivity contribution in [2.45, 2.75) is 0 Å². The van der Waals surface area contributed by atoms with Gasteiger partial charge in [-0.15, -0.1) is 0 Å². The summed E-state index contributed by atoms with van der Waals surface area (Å²) in [5, 5.41) is 6.87. The summed E-state index contributed by atoms with van der Waals surface area (Å²) >= 11 is 1.34. The molecule has 0 bridgehead atoms. The molecule has 0 unspecified atom stereocenters. The topological polar surface area (TPSA) is 24.9 Å². The van der Waals surface area contributed by atoms with E-state index in [4.69, 9.17) is 19.4 Å². The van der Waals surface area contributed by atoms with Crippen molar-refractivity contribution in [3.8, 4) is 11.5 Å². The third-order valence-electron chi connectivity index (χ3n) is 5.66. The number of thiophene rings is 2. The summed E-state index contributed by atoms with van der Waals surface area (Å²) in [5.74, 6) is 1.67. The molecular formula is C24H18AsClN2O2S2. The summed E-state index contributed by atoms with van der Waals surface area (Å²) < 4.78 is 18.1. The fraction of sp³-hybridized carbons (Fsp3) is 0.0833. The number of benzene rings is 3. The molecule has 0 aliphatic carbocycles. The van der Waals surface area contributed by atoms with Crippen LogP contribution in [0.2, 0.25) is 0 Å². The molecule has 0 N–H and O–H groups in total. The van der Waals surface area contributed by atoms with E-state index >= 15 is 0 Å². The van der Waals surface area contributed by atoms with Gasteiger partial charge in [-0.2, -0.15) is 0 Å². The van der Waals surface area contributed by atoms with Crippen molar-refractivity contribution in [1.29, 1.82) is 0 Å². The third kappa shape index (κ3) is 2.94. The molecule has 0 radical (unpaired) electrons. The van der Waals surface area contributed by atoms with Gasteiger partial charge in [0.2, 0.25) is 0 Å². The summed E-state index contributed by atoms with van der Waals surface area (Å²) in [6.45, 7) is 0. The van der Waals surface area contributed by atoms with Gasteiger partial charge in [0.1, 0.15) is 0 Å². The van der Waals surface area contributed by atoms with Gasteiger partial charge in [0, 0.05) is 0 Å². The van der Waals surface area contributed by atoms with E-state index in [1.807, 2.05) is 24.3 Å². The van der Waals surface area contributed by atoms with Crippen molar-refractivity contribution in [3.63, 3.8) is 0 Å². The van der Waals surface area contributed by atoms with E-state index in [0.717, 1.165) is 22.9 Å². The van der Waals surface area contributed by atoms with Crippen LogP contribution >= 0.6 is 32.6 Å². The summed E-state index contributed by atoms with van der Waals surface area (Å²) in [5.41, 5.74) is 4.56. The molecule has 3 heterocycles. The number of methoxy groups -OCH3 is 2. The Morgan fingerprint density at radius 2 is 1.06 bits per heavy atom. The average molecular weight is 541 g/mol. The number of rotatable bonds is 4. The molecule has 0 saturated heterocycles. The number of hydrogen-bond donors (Lipinski definition) is 0. The van der Waals surface area contributed by atoms with Crippen LogP contribution in [0.25, 0.3) is 20.2 Å². The zero-order valence-corrected chi connectivity index (χ0v) is 21.5. The van der Waals surface area contributed by atoms with Crippen LogP contribution in [0.4, 0.5) is 22.7 Å². The summed E-state index contributed by atoms with van der Waals surface area (Å²) in [4.78, 5) is 0. The van der Waals surface area contributed by atoms with E-state index in [0.29, 0.717) is 0 Å². The molecule has 3 aromatic carbocycles. The van der Waals surface area contributed by atoms with Gasteiger partial charge in [0.25, 0.3) is 0 Å². The minimum atomic E-state index is -2.25. The van der Waals surface area contributed by atoms with Crippen LogP contribution in [0.3, 0.4) is 0 Å². The molecule has 0 saturated carbocycles. The van der Waals surface area contributed by atoms with Gasteiger partial charge in [0.05, 0.1) is 0 Å². The predicted octanol–water partition coefficient (Wildman–Crippen LogP) is 7.65. The van der Waals surface area contributed by atoms with Crippen LogP contribution in [-0.4, -0.2) is 28.4 Å². The van der Waals surface area contributed by atoms with Gasteiger partial charge in [0.15, 0.2) is 0 Å². The second-order valence-electron chi connectivity index (χ2n) is 7.28. The Balaban J connectivity index is 1.64. The predicted molar refractivity (Wildman–Crippen MR) is 139 cm³/mol. The van der Waals surface area contributed by atoms with Crippen molar-refractivity contribution >= 4 is 89.7 Å². The van der Waals surface area contributed by atoms with Crippen molar-refractivity contribution in [3.05, 3.63) is 71.4 Å². The van der Waals surface area contributed by atoms with Gasteiger partial charge < -0.3 is 0 Å². The summed E-state index contributed by atoms with van der Waals surface area (Å²) in [7, 11) is 10.8. The number of ether oxygens (including phenoxy) is 2. The van der Waals surface area contributed by atoms with Crippen LogP contribution in [0.15, 0.2) is 71.4 Å². The number of nitrogens with zero attached hydrogens (tertiary/aromatic N) is 2. The molecule has 8 heteroatoms. The molecule has 0 amide bonds. The van der Waals surface area contributed by atoms with Crippen LogP contribution in [-0.2, 0) is 0 Å². The molecule has 1 aliphatic rings. The van der Waals surface area contributed by atoms with Gasteiger partial charge in [-0.05, 0) is 0 Å². The van der Waals surface area contributed by atoms with Crippen molar-refractivity contribution in [2.24, 2.45) is 0 Å². The van der Waals surface area contributed by atoms with E-state index in [9.17, 15) is 0 Å². The Morgan fingerprint density at radius 1 is 0.656 bits per heavy atom. The fourth-order valence-corrected chi connectivity index (χ4v) is 11.1. The van der Waals surface area contributed by atoms with Crippen molar-refractivity contribution in [1.82, 2.24) is 0 Å². The van der Waals surface area contributed by atoms with Gasteiger partial charge in [-0.1, -0.05) is 0 Å². The quantitative estimate of drug-likeness (QED) is 0.219. The Bertz CT molecular complexity index is 1320. The average Bonchev–Trinajstić information content (AvgIpc) is 3.56. The van der Waals surface area contributed by atoms with E-state index < -0.39 is 14.2 Å². The minimum absolute atomic E-state index is 0.836. The monoisotopic (exact) mass is 540 g/mol. The first-order chi connectivity index (χ1) is 15.7. The number of fused-ring (bicyclic) bond motifs is 6. The third-order valence-corrected chi connectivity index (χ3v) is 12.4. The Labute approximate surface area is 203 Å². The molecule has 6 rings (SSSR count). The zero-order valence-electron chi connectivity index (χ0n) is 17.3. The number of halogens is 1. The molecule has 5 aromatic rings. The van der Waals surface area contributed by atoms with E-state index in [1.54, 1.807) is 36.9 Å². The maximum absolute atomic E-state index is 7.40. The normalized spacial score (nSPS) is 13.8. The second kappa shape index (κ2) is 7.89. The SMILES string of the molecule is COc1ccc(N2c3c(c4ccsc4c4sccc34)N(c3ccc(OC)cc3)[As]2Cl)cc1. The van der Waals surface area contributed by atoms with Crippen LogP contribution < -0.4 is 17.1 Å². The molecular weight excluding hydrogens is 523 g/mol. The Hall–Kier alpha value is -2.37. The molecule has 4 nitrogen and oxygen atoms in total. The maximum atomic E-state index is 7.40. The molecule has 160 valence electrons. The van der Waals surface area contributed by atoms with Crippen LogP contribution in [0, 0.1) is 0 Å². The Kier molecular flexibility index (Phi) is 4.99. The number of hydrogen-bond acceptors (Lipinski definition) is 6. The number of anilines is 4.